The SMILES string of the molecule is CCCC1CCC(Cc2cnn(CC)c2)(C(=O)O)CC1. The topological polar surface area (TPSA) is 55.1 Å². The first-order valence-corrected chi connectivity index (χ1v) is 7.84. The summed E-state index contributed by atoms with van der Waals surface area (Å²) < 4.78 is 1.87. The highest BCUT2D eigenvalue weighted by atomic mass is 16.4. The maximum atomic E-state index is 11.8. The van der Waals surface area contributed by atoms with Crippen molar-refractivity contribution in [2.75, 3.05) is 0 Å². The molecule has 1 N–H and O–H groups in total. The van der Waals surface area contributed by atoms with Crippen molar-refractivity contribution in [3.05, 3.63) is 18.0 Å². The third-order valence-electron chi connectivity index (χ3n) is 4.77. The Hall–Kier alpha value is -1.32. The van der Waals surface area contributed by atoms with E-state index < -0.39 is 11.4 Å². The van der Waals surface area contributed by atoms with Crippen molar-refractivity contribution in [3.63, 3.8) is 0 Å². The fourth-order valence-electron chi connectivity index (χ4n) is 3.45. The van der Waals surface area contributed by atoms with Gasteiger partial charge in [-0.3, -0.25) is 9.48 Å². The Bertz CT molecular complexity index is 445. The van der Waals surface area contributed by atoms with Gasteiger partial charge in [0.15, 0.2) is 0 Å². The molecular weight excluding hydrogens is 252 g/mol. The maximum Gasteiger partial charge on any atom is 0.309 e. The lowest BCUT2D eigenvalue weighted by molar-refractivity contribution is -0.151. The van der Waals surface area contributed by atoms with E-state index in [-0.39, 0.29) is 0 Å². The summed E-state index contributed by atoms with van der Waals surface area (Å²) in [5, 5.41) is 14.0. The molecule has 0 atom stereocenters. The molecule has 0 aliphatic heterocycles. The van der Waals surface area contributed by atoms with Gasteiger partial charge in [-0.25, -0.2) is 0 Å². The minimum absolute atomic E-state index is 0.564. The van der Waals surface area contributed by atoms with Gasteiger partial charge in [0.2, 0.25) is 0 Å². The number of nitrogens with zero attached hydrogens (tertiary/aromatic N) is 2. The van der Waals surface area contributed by atoms with Gasteiger partial charge in [-0.05, 0) is 50.5 Å². The van der Waals surface area contributed by atoms with Crippen molar-refractivity contribution < 1.29 is 9.90 Å². The second kappa shape index (κ2) is 6.42. The predicted octanol–water partition coefficient (Wildman–Crippen LogP) is 3.51. The standard InChI is InChI=1S/C16H26N2O2/c1-3-5-13-6-8-16(9-7-13,15(19)20)10-14-11-17-18(4-2)12-14/h11-13H,3-10H2,1-2H3,(H,19,20). The average Bonchev–Trinajstić information content (AvgIpc) is 2.89. The van der Waals surface area contributed by atoms with Crippen LogP contribution in [0.5, 0.6) is 0 Å². The van der Waals surface area contributed by atoms with Crippen LogP contribution in [0.4, 0.5) is 0 Å². The molecule has 20 heavy (non-hydrogen) atoms. The lowest BCUT2D eigenvalue weighted by atomic mass is 9.67. The van der Waals surface area contributed by atoms with Crippen molar-refractivity contribution in [3.8, 4) is 0 Å². The molecule has 0 amide bonds. The number of aliphatic carboxylic acids is 1. The van der Waals surface area contributed by atoms with Gasteiger partial charge in [-0.1, -0.05) is 19.8 Å². The average molecular weight is 278 g/mol. The molecule has 0 radical (unpaired) electrons. The third kappa shape index (κ3) is 3.22. The molecule has 1 saturated carbocycles. The van der Waals surface area contributed by atoms with Crippen LogP contribution in [0, 0.1) is 11.3 Å². The van der Waals surface area contributed by atoms with Gasteiger partial charge in [-0.15, -0.1) is 0 Å². The molecule has 0 bridgehead atoms. The lowest BCUT2D eigenvalue weighted by Gasteiger charge is -2.36. The van der Waals surface area contributed by atoms with E-state index >= 15 is 0 Å². The summed E-state index contributed by atoms with van der Waals surface area (Å²) in [5.74, 6) is 0.0996. The molecule has 1 heterocycles. The lowest BCUT2D eigenvalue weighted by Crippen LogP contribution is -2.37. The van der Waals surface area contributed by atoms with Crippen LogP contribution in [0.15, 0.2) is 12.4 Å². The highest BCUT2D eigenvalue weighted by Crippen LogP contribution is 2.43. The number of aromatic nitrogens is 2. The van der Waals surface area contributed by atoms with E-state index in [0.717, 1.165) is 43.7 Å². The molecule has 0 aromatic carbocycles. The normalized spacial score (nSPS) is 26.6. The summed E-state index contributed by atoms with van der Waals surface area (Å²) in [5.41, 5.74) is 0.495. The van der Waals surface area contributed by atoms with Gasteiger partial charge < -0.3 is 5.11 Å². The Balaban J connectivity index is 2.05. The summed E-state index contributed by atoms with van der Waals surface area (Å²) in [6.45, 7) is 5.08. The smallest absolute Gasteiger partial charge is 0.309 e. The fourth-order valence-corrected chi connectivity index (χ4v) is 3.45. The third-order valence-corrected chi connectivity index (χ3v) is 4.77. The van der Waals surface area contributed by atoms with Crippen LogP contribution in [0.25, 0.3) is 0 Å². The van der Waals surface area contributed by atoms with Gasteiger partial charge in [0.25, 0.3) is 0 Å². The monoisotopic (exact) mass is 278 g/mol. The van der Waals surface area contributed by atoms with E-state index in [4.69, 9.17) is 0 Å². The fraction of sp³-hybridized carbons (Fsp3) is 0.750. The maximum absolute atomic E-state index is 11.8. The molecular formula is C16H26N2O2. The molecule has 1 aromatic rings. The molecule has 0 unspecified atom stereocenters. The van der Waals surface area contributed by atoms with Crippen molar-refractivity contribution in [2.24, 2.45) is 11.3 Å². The molecule has 4 nitrogen and oxygen atoms in total. The summed E-state index contributed by atoms with van der Waals surface area (Å²) in [6.07, 6.45) is 10.6. The Morgan fingerprint density at radius 2 is 2.15 bits per heavy atom. The number of carboxylic acid groups (broad SMARTS) is 1. The first-order valence-electron chi connectivity index (χ1n) is 7.84. The first-order chi connectivity index (χ1) is 9.59. The molecule has 1 aliphatic rings. The summed E-state index contributed by atoms with van der Waals surface area (Å²) in [7, 11) is 0. The zero-order chi connectivity index (χ0) is 14.6. The predicted molar refractivity (Wildman–Crippen MR) is 78.5 cm³/mol. The minimum Gasteiger partial charge on any atom is -0.481 e. The van der Waals surface area contributed by atoms with E-state index in [1.165, 1.54) is 12.8 Å². The largest absolute Gasteiger partial charge is 0.481 e. The van der Waals surface area contributed by atoms with E-state index in [9.17, 15) is 9.90 Å². The minimum atomic E-state index is -0.628. The van der Waals surface area contributed by atoms with Crippen molar-refractivity contribution >= 4 is 5.97 Å². The molecule has 1 aliphatic carbocycles. The van der Waals surface area contributed by atoms with Crippen molar-refractivity contribution in [2.45, 2.75) is 65.3 Å². The van der Waals surface area contributed by atoms with Gasteiger partial charge in [-0.2, -0.15) is 5.10 Å². The second-order valence-corrected chi connectivity index (χ2v) is 6.20. The van der Waals surface area contributed by atoms with Gasteiger partial charge in [0.1, 0.15) is 0 Å². The number of aryl methyl sites for hydroxylation is 1. The van der Waals surface area contributed by atoms with Gasteiger partial charge in [0, 0.05) is 12.7 Å². The molecule has 112 valence electrons. The number of carboxylic acids is 1. The van der Waals surface area contributed by atoms with E-state index in [0.29, 0.717) is 6.42 Å². The zero-order valence-corrected chi connectivity index (χ0v) is 12.6. The highest BCUT2D eigenvalue weighted by molar-refractivity contribution is 5.75. The Morgan fingerprint density at radius 3 is 2.65 bits per heavy atom. The van der Waals surface area contributed by atoms with Crippen LogP contribution >= 0.6 is 0 Å². The number of hydrogen-bond donors (Lipinski definition) is 1. The van der Waals surface area contributed by atoms with Crippen molar-refractivity contribution in [1.82, 2.24) is 9.78 Å². The summed E-state index contributed by atoms with van der Waals surface area (Å²) in [4.78, 5) is 11.8. The van der Waals surface area contributed by atoms with Crippen LogP contribution in [0.3, 0.4) is 0 Å². The van der Waals surface area contributed by atoms with Crippen LogP contribution in [-0.2, 0) is 17.8 Å². The molecule has 1 aromatic heterocycles. The Labute approximate surface area is 121 Å². The first kappa shape index (κ1) is 15.1. The van der Waals surface area contributed by atoms with E-state index in [1.807, 2.05) is 24.0 Å². The van der Waals surface area contributed by atoms with Crippen LogP contribution < -0.4 is 0 Å². The Kier molecular flexibility index (Phi) is 4.84. The van der Waals surface area contributed by atoms with Gasteiger partial charge >= 0.3 is 5.97 Å². The number of rotatable bonds is 6. The molecule has 1 fully saturated rings. The molecule has 2 rings (SSSR count). The molecule has 0 saturated heterocycles. The molecule has 0 spiro atoms. The second-order valence-electron chi connectivity index (χ2n) is 6.20. The van der Waals surface area contributed by atoms with E-state index in [2.05, 4.69) is 12.0 Å². The number of carbonyl (C=O) groups is 1. The highest BCUT2D eigenvalue weighted by Gasteiger charge is 2.41. The van der Waals surface area contributed by atoms with E-state index in [1.54, 1.807) is 0 Å². The zero-order valence-electron chi connectivity index (χ0n) is 12.6. The van der Waals surface area contributed by atoms with Crippen molar-refractivity contribution in [1.29, 1.82) is 0 Å². The van der Waals surface area contributed by atoms with Gasteiger partial charge in [0.05, 0.1) is 11.6 Å². The molecule has 4 heteroatoms. The Morgan fingerprint density at radius 1 is 1.45 bits per heavy atom. The van der Waals surface area contributed by atoms with Crippen LogP contribution in [0.1, 0.15) is 57.9 Å². The number of hydrogen-bond acceptors (Lipinski definition) is 2. The van der Waals surface area contributed by atoms with Crippen LogP contribution in [-0.4, -0.2) is 20.9 Å². The quantitative estimate of drug-likeness (QED) is 0.866. The van der Waals surface area contributed by atoms with Crippen LogP contribution in [0.2, 0.25) is 0 Å². The summed E-state index contributed by atoms with van der Waals surface area (Å²) >= 11 is 0. The summed E-state index contributed by atoms with van der Waals surface area (Å²) in [6, 6.07) is 0.